The molecule has 8 heavy (non-hydrogen) atoms. The fourth-order valence-electron chi connectivity index (χ4n) is 0.115. The average Bonchev–Trinajstić information content (AvgIpc) is 1.30. The zero-order chi connectivity index (χ0) is 5.91. The summed E-state index contributed by atoms with van der Waals surface area (Å²) in [5, 5.41) is 0. The van der Waals surface area contributed by atoms with E-state index in [1.54, 1.807) is 0 Å². The van der Waals surface area contributed by atoms with Crippen LogP contribution < -0.4 is 58.2 Å². The minimum Gasteiger partial charge on any atom is -1.00 e. The SMILES string of the molecule is O=S(=O)(O)CCS.[H-].[Rb+]. The summed E-state index contributed by atoms with van der Waals surface area (Å²) in [6.07, 6.45) is 0. The van der Waals surface area contributed by atoms with Crippen LogP contribution in [-0.4, -0.2) is 24.5 Å². The van der Waals surface area contributed by atoms with Crippen molar-refractivity contribution >= 4 is 22.7 Å². The van der Waals surface area contributed by atoms with Crippen LogP contribution in [0.3, 0.4) is 0 Å². The third-order valence-corrected chi connectivity index (χ3v) is 1.60. The van der Waals surface area contributed by atoms with E-state index in [1.165, 1.54) is 0 Å². The van der Waals surface area contributed by atoms with Gasteiger partial charge in [0.2, 0.25) is 0 Å². The smallest absolute Gasteiger partial charge is 1.00 e. The predicted molar refractivity (Wildman–Crippen MR) is 31.4 cm³/mol. The van der Waals surface area contributed by atoms with Crippen molar-refractivity contribution < 1.29 is 72.6 Å². The topological polar surface area (TPSA) is 54.4 Å². The standard InChI is InChI=1S/C2H6O3S2.Rb.H/c3-7(4,5)2-1-6;;/h6H,1-2H2,(H,3,4,5);;/q;+1;-1. The maximum absolute atomic E-state index is 9.74. The molecule has 0 amide bonds. The largest absolute Gasteiger partial charge is 1.00 e. The minimum absolute atomic E-state index is 0. The van der Waals surface area contributed by atoms with E-state index in [0.717, 1.165) is 0 Å². The molecule has 0 aromatic heterocycles. The maximum atomic E-state index is 9.74. The molecule has 6 heteroatoms. The minimum atomic E-state index is -3.75. The van der Waals surface area contributed by atoms with Gasteiger partial charge in [-0.3, -0.25) is 4.55 Å². The average molecular weight is 229 g/mol. The number of hydrogen-bond acceptors (Lipinski definition) is 3. The van der Waals surface area contributed by atoms with Gasteiger partial charge in [-0.05, 0) is 0 Å². The molecule has 0 heterocycles. The van der Waals surface area contributed by atoms with E-state index in [1.807, 2.05) is 0 Å². The van der Waals surface area contributed by atoms with Crippen LogP contribution in [0.1, 0.15) is 1.43 Å². The van der Waals surface area contributed by atoms with Crippen LogP contribution in [0.5, 0.6) is 0 Å². The van der Waals surface area contributed by atoms with Gasteiger partial charge >= 0.3 is 58.2 Å². The molecule has 1 N–H and O–H groups in total. The van der Waals surface area contributed by atoms with Gasteiger partial charge in [-0.2, -0.15) is 21.0 Å². The van der Waals surface area contributed by atoms with Gasteiger partial charge in [-0.15, -0.1) is 0 Å². The Morgan fingerprint density at radius 1 is 1.62 bits per heavy atom. The molecule has 0 aromatic rings. The molecular weight excluding hydrogens is 222 g/mol. The van der Waals surface area contributed by atoms with Gasteiger partial charge < -0.3 is 1.43 Å². The molecule has 0 fully saturated rings. The molecule has 0 aliphatic carbocycles. The van der Waals surface area contributed by atoms with Crippen LogP contribution in [0.2, 0.25) is 0 Å². The van der Waals surface area contributed by atoms with E-state index in [4.69, 9.17) is 4.55 Å². The molecule has 0 radical (unpaired) electrons. The second-order valence-electron chi connectivity index (χ2n) is 1.01. The molecule has 46 valence electrons. The van der Waals surface area contributed by atoms with Crippen LogP contribution in [-0.2, 0) is 10.1 Å². The van der Waals surface area contributed by atoms with Crippen LogP contribution in [0.15, 0.2) is 0 Å². The number of rotatable bonds is 2. The Bertz CT molecular complexity index is 133. The van der Waals surface area contributed by atoms with Gasteiger partial charge in [0.05, 0.1) is 5.75 Å². The van der Waals surface area contributed by atoms with Crippen molar-refractivity contribution in [1.29, 1.82) is 0 Å². The van der Waals surface area contributed by atoms with Crippen molar-refractivity contribution in [2.24, 2.45) is 0 Å². The molecule has 0 unspecified atom stereocenters. The maximum Gasteiger partial charge on any atom is 1.00 e. The van der Waals surface area contributed by atoms with Crippen molar-refractivity contribution in [2.75, 3.05) is 11.5 Å². The van der Waals surface area contributed by atoms with E-state index >= 15 is 0 Å². The first-order valence-electron chi connectivity index (χ1n) is 1.62. The summed E-state index contributed by atoms with van der Waals surface area (Å²) in [5.41, 5.74) is 0. The van der Waals surface area contributed by atoms with Gasteiger partial charge in [-0.1, -0.05) is 0 Å². The molecule has 0 aliphatic rings. The van der Waals surface area contributed by atoms with Gasteiger partial charge in [0, 0.05) is 5.75 Å². The molecule has 0 atom stereocenters. The summed E-state index contributed by atoms with van der Waals surface area (Å²) < 4.78 is 27.4. The van der Waals surface area contributed by atoms with Gasteiger partial charge in [0.25, 0.3) is 10.1 Å². The first-order valence-corrected chi connectivity index (χ1v) is 3.86. The summed E-state index contributed by atoms with van der Waals surface area (Å²) in [6, 6.07) is 0. The Morgan fingerprint density at radius 2 is 2.00 bits per heavy atom. The van der Waals surface area contributed by atoms with Crippen molar-refractivity contribution in [3.8, 4) is 0 Å². The zero-order valence-electron chi connectivity index (χ0n) is 5.53. The Hall–Kier alpha value is 2.07. The van der Waals surface area contributed by atoms with E-state index in [0.29, 0.717) is 0 Å². The third-order valence-electron chi connectivity index (χ3n) is 0.349. The Labute approximate surface area is 105 Å². The van der Waals surface area contributed by atoms with E-state index in [-0.39, 0.29) is 71.1 Å². The molecule has 0 spiro atoms. The fraction of sp³-hybridized carbons (Fsp3) is 1.00. The number of hydrogen-bond donors (Lipinski definition) is 2. The summed E-state index contributed by atoms with van der Waals surface area (Å²) >= 11 is 3.57. The van der Waals surface area contributed by atoms with Crippen LogP contribution >= 0.6 is 12.6 Å². The van der Waals surface area contributed by atoms with Crippen LogP contribution in [0, 0.1) is 0 Å². The molecule has 0 saturated carbocycles. The molecular formula is C2H7O3RbS2. The molecule has 0 bridgehead atoms. The molecule has 0 rings (SSSR count). The van der Waals surface area contributed by atoms with Crippen LogP contribution in [0.25, 0.3) is 0 Å². The number of thiol groups is 1. The first kappa shape index (κ1) is 12.7. The molecule has 0 aromatic carbocycles. The normalized spacial score (nSPS) is 10.2. The second kappa shape index (κ2) is 5.82. The summed E-state index contributed by atoms with van der Waals surface area (Å²) in [7, 11) is -3.75. The van der Waals surface area contributed by atoms with Gasteiger partial charge in [0.1, 0.15) is 0 Å². The van der Waals surface area contributed by atoms with E-state index < -0.39 is 10.1 Å². The van der Waals surface area contributed by atoms with E-state index in [2.05, 4.69) is 12.6 Å². The van der Waals surface area contributed by atoms with Crippen molar-refractivity contribution in [3.05, 3.63) is 0 Å². The zero-order valence-corrected chi connectivity index (χ0v) is 11.2. The monoisotopic (exact) mass is 228 g/mol. The van der Waals surface area contributed by atoms with Crippen molar-refractivity contribution in [2.45, 2.75) is 0 Å². The molecule has 0 saturated heterocycles. The Balaban J connectivity index is -0.000000180. The summed E-state index contributed by atoms with van der Waals surface area (Å²) in [4.78, 5) is 0. The summed E-state index contributed by atoms with van der Waals surface area (Å²) in [5.74, 6) is -0.102. The Kier molecular flexibility index (Phi) is 9.25. The summed E-state index contributed by atoms with van der Waals surface area (Å²) in [6.45, 7) is 0. The quantitative estimate of drug-likeness (QED) is 0.390. The molecule has 3 nitrogen and oxygen atoms in total. The van der Waals surface area contributed by atoms with Crippen LogP contribution in [0.4, 0.5) is 0 Å². The first-order chi connectivity index (χ1) is 3.06. The fourth-order valence-corrected chi connectivity index (χ4v) is 1.04. The Morgan fingerprint density at radius 3 is 2.00 bits per heavy atom. The van der Waals surface area contributed by atoms with E-state index in [9.17, 15) is 8.42 Å². The predicted octanol–water partition coefficient (Wildman–Crippen LogP) is -3.08. The third kappa shape index (κ3) is 10.9. The van der Waals surface area contributed by atoms with Crippen molar-refractivity contribution in [1.82, 2.24) is 0 Å². The second-order valence-corrected chi connectivity index (χ2v) is 3.03. The van der Waals surface area contributed by atoms with Gasteiger partial charge in [-0.25, -0.2) is 0 Å². The van der Waals surface area contributed by atoms with Crippen molar-refractivity contribution in [3.63, 3.8) is 0 Å². The molecule has 0 aliphatic heterocycles. The van der Waals surface area contributed by atoms with Gasteiger partial charge in [0.15, 0.2) is 0 Å².